The van der Waals surface area contributed by atoms with Crippen molar-refractivity contribution in [1.82, 2.24) is 15.3 Å². The number of aromatic amines is 1. The summed E-state index contributed by atoms with van der Waals surface area (Å²) in [5.41, 5.74) is -0.299. The Morgan fingerprint density at radius 2 is 2.19 bits per heavy atom. The Kier molecular flexibility index (Phi) is 4.17. The quantitative estimate of drug-likeness (QED) is 0.692. The number of aromatic nitrogens is 2. The van der Waals surface area contributed by atoms with Crippen LogP contribution in [0.15, 0.2) is 30.6 Å². The number of urea groups is 1. The Bertz CT molecular complexity index is 657. The number of carbonyl (C=O) groups excluding carboxylic acids is 1. The number of H-pyrrole nitrogens is 1. The van der Waals surface area contributed by atoms with Gasteiger partial charge in [-0.15, -0.1) is 0 Å². The van der Waals surface area contributed by atoms with Gasteiger partial charge in [0.2, 0.25) is 0 Å². The second-order valence-electron chi connectivity index (χ2n) is 4.29. The largest absolute Gasteiger partial charge is 0.478 e. The molecule has 7 nitrogen and oxygen atoms in total. The van der Waals surface area contributed by atoms with Crippen molar-refractivity contribution in [2.75, 3.05) is 5.32 Å². The first kappa shape index (κ1) is 14.5. The third-order valence-electron chi connectivity index (χ3n) is 2.73. The first-order valence-corrected chi connectivity index (χ1v) is 6.07. The van der Waals surface area contributed by atoms with Crippen LogP contribution in [0.5, 0.6) is 0 Å². The molecule has 1 atom stereocenters. The van der Waals surface area contributed by atoms with Gasteiger partial charge in [0.15, 0.2) is 0 Å². The fourth-order valence-corrected chi connectivity index (χ4v) is 1.71. The summed E-state index contributed by atoms with van der Waals surface area (Å²) < 4.78 is 13.5. The summed E-state index contributed by atoms with van der Waals surface area (Å²) in [5, 5.41) is 13.7. The molecule has 0 bridgehead atoms. The average molecular weight is 292 g/mol. The molecule has 21 heavy (non-hydrogen) atoms. The van der Waals surface area contributed by atoms with E-state index in [-0.39, 0.29) is 11.7 Å². The second kappa shape index (κ2) is 6.04. The third-order valence-corrected chi connectivity index (χ3v) is 2.73. The number of carbonyl (C=O) groups is 2. The molecule has 2 amide bonds. The van der Waals surface area contributed by atoms with Gasteiger partial charge in [0, 0.05) is 18.1 Å². The first-order valence-electron chi connectivity index (χ1n) is 6.07. The Labute approximate surface area is 119 Å². The van der Waals surface area contributed by atoms with E-state index in [0.717, 1.165) is 12.1 Å². The van der Waals surface area contributed by atoms with Crippen molar-refractivity contribution < 1.29 is 19.1 Å². The highest BCUT2D eigenvalue weighted by Gasteiger charge is 2.14. The van der Waals surface area contributed by atoms with E-state index in [2.05, 4.69) is 20.6 Å². The topological polar surface area (TPSA) is 107 Å². The molecule has 1 unspecified atom stereocenters. The zero-order valence-electron chi connectivity index (χ0n) is 11.1. The predicted octanol–water partition coefficient (Wildman–Crippen LogP) is 2.13. The zero-order valence-corrected chi connectivity index (χ0v) is 11.1. The fourth-order valence-electron chi connectivity index (χ4n) is 1.71. The molecule has 0 aliphatic rings. The van der Waals surface area contributed by atoms with E-state index in [9.17, 15) is 14.0 Å². The van der Waals surface area contributed by atoms with Gasteiger partial charge >= 0.3 is 12.0 Å². The van der Waals surface area contributed by atoms with Crippen LogP contribution in [-0.2, 0) is 0 Å². The molecular formula is C13H13FN4O3. The maximum Gasteiger partial charge on any atom is 0.338 e. The molecule has 0 aliphatic heterocycles. The third kappa shape index (κ3) is 3.56. The van der Waals surface area contributed by atoms with Crippen molar-refractivity contribution in [2.24, 2.45) is 0 Å². The van der Waals surface area contributed by atoms with Crippen molar-refractivity contribution >= 4 is 17.7 Å². The second-order valence-corrected chi connectivity index (χ2v) is 4.29. The molecule has 8 heteroatoms. The summed E-state index contributed by atoms with van der Waals surface area (Å²) in [6.07, 6.45) is 3.19. The number of rotatable bonds is 4. The van der Waals surface area contributed by atoms with E-state index in [4.69, 9.17) is 5.11 Å². The fraction of sp³-hybridized carbons (Fsp3) is 0.154. The van der Waals surface area contributed by atoms with Crippen LogP contribution in [0, 0.1) is 5.82 Å². The van der Waals surface area contributed by atoms with E-state index >= 15 is 0 Å². The molecule has 1 aromatic carbocycles. The van der Waals surface area contributed by atoms with Crippen LogP contribution in [0.2, 0.25) is 0 Å². The monoisotopic (exact) mass is 292 g/mol. The predicted molar refractivity (Wildman–Crippen MR) is 72.5 cm³/mol. The van der Waals surface area contributed by atoms with Crippen LogP contribution in [0.4, 0.5) is 14.9 Å². The van der Waals surface area contributed by atoms with Gasteiger partial charge in [0.05, 0.1) is 11.6 Å². The number of amides is 2. The lowest BCUT2D eigenvalue weighted by molar-refractivity contribution is 0.0692. The number of hydrogen-bond donors (Lipinski definition) is 4. The molecule has 110 valence electrons. The number of hydrogen-bond acceptors (Lipinski definition) is 3. The average Bonchev–Trinajstić information content (AvgIpc) is 2.91. The maximum atomic E-state index is 13.5. The summed E-state index contributed by atoms with van der Waals surface area (Å²) in [4.78, 5) is 29.3. The van der Waals surface area contributed by atoms with Crippen molar-refractivity contribution in [2.45, 2.75) is 13.0 Å². The first-order chi connectivity index (χ1) is 9.97. The summed E-state index contributed by atoms with van der Waals surface area (Å²) in [7, 11) is 0. The van der Waals surface area contributed by atoms with Gasteiger partial charge in [-0.05, 0) is 25.1 Å². The summed E-state index contributed by atoms with van der Waals surface area (Å²) in [6.45, 7) is 1.73. The standard InChI is InChI=1S/C13H13FN4O3/c1-7(11-15-4-5-16-11)17-13(21)18-8-2-3-9(12(19)20)10(14)6-8/h2-7H,1H3,(H,15,16)(H,19,20)(H2,17,18,21). The van der Waals surface area contributed by atoms with Gasteiger partial charge in [-0.3, -0.25) is 0 Å². The molecule has 1 aromatic heterocycles. The van der Waals surface area contributed by atoms with Crippen LogP contribution in [0.25, 0.3) is 0 Å². The van der Waals surface area contributed by atoms with Crippen LogP contribution in [0.3, 0.4) is 0 Å². The lowest BCUT2D eigenvalue weighted by Gasteiger charge is -2.12. The van der Waals surface area contributed by atoms with Crippen molar-refractivity contribution in [3.05, 3.63) is 47.8 Å². The summed E-state index contributed by atoms with van der Waals surface area (Å²) >= 11 is 0. The van der Waals surface area contributed by atoms with Gasteiger partial charge < -0.3 is 20.7 Å². The minimum Gasteiger partial charge on any atom is -0.478 e. The molecule has 0 saturated heterocycles. The Hall–Kier alpha value is -2.90. The lowest BCUT2D eigenvalue weighted by Crippen LogP contribution is -2.31. The molecule has 2 rings (SSSR count). The highest BCUT2D eigenvalue weighted by atomic mass is 19.1. The van der Waals surface area contributed by atoms with Gasteiger partial charge in [-0.25, -0.2) is 19.0 Å². The van der Waals surface area contributed by atoms with Crippen molar-refractivity contribution in [3.8, 4) is 0 Å². The SMILES string of the molecule is CC(NC(=O)Nc1ccc(C(=O)O)c(F)c1)c1ncc[nH]1. The molecule has 4 N–H and O–H groups in total. The minimum absolute atomic E-state index is 0.154. The van der Waals surface area contributed by atoms with E-state index in [1.807, 2.05) is 0 Å². The van der Waals surface area contributed by atoms with Crippen molar-refractivity contribution in [1.29, 1.82) is 0 Å². The number of imidazole rings is 1. The van der Waals surface area contributed by atoms with E-state index < -0.39 is 23.4 Å². The van der Waals surface area contributed by atoms with Crippen LogP contribution in [0.1, 0.15) is 29.1 Å². The Morgan fingerprint density at radius 1 is 1.43 bits per heavy atom. The Morgan fingerprint density at radius 3 is 2.76 bits per heavy atom. The molecule has 0 aliphatic carbocycles. The molecule has 0 fully saturated rings. The number of nitrogens with zero attached hydrogens (tertiary/aromatic N) is 1. The summed E-state index contributed by atoms with van der Waals surface area (Å²) in [5.74, 6) is -1.70. The maximum absolute atomic E-state index is 13.5. The van der Waals surface area contributed by atoms with Crippen LogP contribution in [-0.4, -0.2) is 27.1 Å². The molecule has 0 saturated carbocycles. The zero-order chi connectivity index (χ0) is 15.4. The van der Waals surface area contributed by atoms with Crippen LogP contribution < -0.4 is 10.6 Å². The number of carboxylic acids is 1. The van der Waals surface area contributed by atoms with Gasteiger partial charge in [-0.1, -0.05) is 0 Å². The lowest BCUT2D eigenvalue weighted by atomic mass is 10.2. The number of carboxylic acid groups (broad SMARTS) is 1. The summed E-state index contributed by atoms with van der Waals surface area (Å²) in [6, 6.07) is 2.43. The van der Waals surface area contributed by atoms with Gasteiger partial charge in [-0.2, -0.15) is 0 Å². The minimum atomic E-state index is -1.37. The van der Waals surface area contributed by atoms with Gasteiger partial charge in [0.25, 0.3) is 0 Å². The normalized spacial score (nSPS) is 11.7. The molecule has 2 aromatic rings. The molecule has 0 spiro atoms. The molecular weight excluding hydrogens is 279 g/mol. The number of benzene rings is 1. The van der Waals surface area contributed by atoms with E-state index in [1.54, 1.807) is 19.3 Å². The molecule has 0 radical (unpaired) electrons. The molecule has 1 heterocycles. The van der Waals surface area contributed by atoms with E-state index in [1.165, 1.54) is 6.07 Å². The Balaban J connectivity index is 2.00. The number of nitrogens with one attached hydrogen (secondary N) is 3. The van der Waals surface area contributed by atoms with Gasteiger partial charge in [0.1, 0.15) is 11.6 Å². The van der Waals surface area contributed by atoms with Crippen LogP contribution >= 0.6 is 0 Å². The van der Waals surface area contributed by atoms with Crippen molar-refractivity contribution in [3.63, 3.8) is 0 Å². The number of halogens is 1. The highest BCUT2D eigenvalue weighted by molar-refractivity contribution is 5.91. The number of anilines is 1. The smallest absolute Gasteiger partial charge is 0.338 e. The van der Waals surface area contributed by atoms with E-state index in [0.29, 0.717) is 5.82 Å². The number of aromatic carboxylic acids is 1. The highest BCUT2D eigenvalue weighted by Crippen LogP contribution is 2.15.